The van der Waals surface area contributed by atoms with E-state index in [0.29, 0.717) is 17.0 Å². The molecule has 0 radical (unpaired) electrons. The second-order valence-corrected chi connectivity index (χ2v) is 4.66. The minimum atomic E-state index is -0.466. The van der Waals surface area contributed by atoms with Gasteiger partial charge in [0.1, 0.15) is 0 Å². The molecule has 0 heterocycles. The smallest absolute Gasteiger partial charge is 0.180 e. The lowest BCUT2D eigenvalue weighted by atomic mass is 10.1. The Hall–Kier alpha value is -0.0500. The Balaban J connectivity index is 2.97. The van der Waals surface area contributed by atoms with Crippen LogP contribution in [0, 0.1) is 0 Å². The lowest BCUT2D eigenvalue weighted by Crippen LogP contribution is -2.13. The molecule has 0 aliphatic heterocycles. The highest BCUT2D eigenvalue weighted by Gasteiger charge is 2.15. The number of hydrogen-bond acceptors (Lipinski definition) is 1. The predicted molar refractivity (Wildman–Crippen MR) is 63.4 cm³/mol. The maximum absolute atomic E-state index is 11.6. The Morgan fingerprint density at radius 1 is 1.57 bits per heavy atom. The van der Waals surface area contributed by atoms with Crippen LogP contribution in [-0.4, -0.2) is 11.2 Å². The molecule has 0 fully saturated rings. The van der Waals surface area contributed by atoms with Gasteiger partial charge in [0.15, 0.2) is 5.78 Å². The zero-order valence-electron chi connectivity index (χ0n) is 7.56. The summed E-state index contributed by atoms with van der Waals surface area (Å²) in [5, 5.41) is 0.0584. The van der Waals surface area contributed by atoms with Crippen LogP contribution in [0.2, 0.25) is 5.02 Å². The second kappa shape index (κ2) is 5.15. The highest BCUT2D eigenvalue weighted by Crippen LogP contribution is 2.24. The molecule has 4 heteroatoms. The zero-order chi connectivity index (χ0) is 10.7. The van der Waals surface area contributed by atoms with Gasteiger partial charge in [0.05, 0.1) is 10.4 Å². The number of Topliss-reactive ketones (excluding diaryl/α,β-unsaturated/α-hetero) is 1. The van der Waals surface area contributed by atoms with Crippen molar-refractivity contribution in [1.82, 2.24) is 0 Å². The average molecular weight is 296 g/mol. The third-order valence-corrected chi connectivity index (χ3v) is 3.59. The molecule has 1 nitrogen and oxygen atoms in total. The van der Waals surface area contributed by atoms with Crippen molar-refractivity contribution in [2.75, 3.05) is 0 Å². The van der Waals surface area contributed by atoms with Gasteiger partial charge in [-0.15, -0.1) is 11.6 Å². The van der Waals surface area contributed by atoms with Crippen LogP contribution in [0.5, 0.6) is 0 Å². The molecule has 0 aromatic heterocycles. The molecular weight excluding hydrogens is 287 g/mol. The molecule has 0 saturated carbocycles. The van der Waals surface area contributed by atoms with Crippen LogP contribution >= 0.6 is 39.1 Å². The summed E-state index contributed by atoms with van der Waals surface area (Å²) in [6.07, 6.45) is 0.619. The van der Waals surface area contributed by atoms with Crippen LogP contribution in [0.4, 0.5) is 0 Å². The van der Waals surface area contributed by atoms with Crippen LogP contribution in [0.25, 0.3) is 0 Å². The first-order valence-corrected chi connectivity index (χ1v) is 5.80. The molecule has 76 valence electrons. The van der Waals surface area contributed by atoms with E-state index >= 15 is 0 Å². The topological polar surface area (TPSA) is 17.1 Å². The number of ketones is 1. The van der Waals surface area contributed by atoms with Crippen molar-refractivity contribution in [3.8, 4) is 0 Å². The standard InChI is InChI=1S/C10H9BrCl2O/c1-2-8(12)10(14)6-3-4-7(11)9(13)5-6/h3-5,8H,2H2,1H3. The summed E-state index contributed by atoms with van der Waals surface area (Å²) < 4.78 is 0.776. The minimum Gasteiger partial charge on any atom is -0.293 e. The van der Waals surface area contributed by atoms with E-state index in [4.69, 9.17) is 23.2 Å². The lowest BCUT2D eigenvalue weighted by molar-refractivity contribution is 0.0985. The Morgan fingerprint density at radius 2 is 2.21 bits per heavy atom. The summed E-state index contributed by atoms with van der Waals surface area (Å²) in [5.74, 6) is -0.0800. The molecule has 1 unspecified atom stereocenters. The van der Waals surface area contributed by atoms with Gasteiger partial charge in [-0.05, 0) is 34.5 Å². The first-order valence-electron chi connectivity index (χ1n) is 4.19. The molecule has 0 amide bonds. The van der Waals surface area contributed by atoms with E-state index in [9.17, 15) is 4.79 Å². The van der Waals surface area contributed by atoms with Crippen LogP contribution in [0.3, 0.4) is 0 Å². The summed E-state index contributed by atoms with van der Waals surface area (Å²) in [4.78, 5) is 11.6. The van der Waals surface area contributed by atoms with Gasteiger partial charge in [-0.1, -0.05) is 24.6 Å². The molecule has 1 atom stereocenters. The van der Waals surface area contributed by atoms with Crippen molar-refractivity contribution in [3.63, 3.8) is 0 Å². The maximum atomic E-state index is 11.6. The fourth-order valence-corrected chi connectivity index (χ4v) is 1.57. The number of benzene rings is 1. The summed E-state index contributed by atoms with van der Waals surface area (Å²) in [7, 11) is 0. The quantitative estimate of drug-likeness (QED) is 0.600. The normalized spacial score (nSPS) is 12.6. The average Bonchev–Trinajstić information content (AvgIpc) is 2.20. The van der Waals surface area contributed by atoms with Crippen molar-refractivity contribution < 1.29 is 4.79 Å². The predicted octanol–water partition coefficient (Wildman–Crippen LogP) is 4.30. The molecule has 0 aliphatic rings. The van der Waals surface area contributed by atoms with Crippen molar-refractivity contribution in [1.29, 1.82) is 0 Å². The Kier molecular flexibility index (Phi) is 4.42. The molecule has 1 aromatic rings. The second-order valence-electron chi connectivity index (χ2n) is 2.87. The summed E-state index contributed by atoms with van der Waals surface area (Å²) in [6, 6.07) is 5.08. The summed E-state index contributed by atoms with van der Waals surface area (Å²) in [6.45, 7) is 1.87. The van der Waals surface area contributed by atoms with Crippen molar-refractivity contribution in [2.24, 2.45) is 0 Å². The van der Waals surface area contributed by atoms with Gasteiger partial charge < -0.3 is 0 Å². The largest absolute Gasteiger partial charge is 0.293 e. The molecule has 0 N–H and O–H groups in total. The van der Waals surface area contributed by atoms with Gasteiger partial charge in [-0.3, -0.25) is 4.79 Å². The van der Waals surface area contributed by atoms with E-state index in [1.165, 1.54) is 0 Å². The fraction of sp³-hybridized carbons (Fsp3) is 0.300. The molecular formula is C10H9BrCl2O. The molecule has 1 aromatic carbocycles. The van der Waals surface area contributed by atoms with Crippen LogP contribution < -0.4 is 0 Å². The van der Waals surface area contributed by atoms with E-state index in [1.54, 1.807) is 18.2 Å². The van der Waals surface area contributed by atoms with E-state index in [2.05, 4.69) is 15.9 Å². The monoisotopic (exact) mass is 294 g/mol. The number of halogens is 3. The molecule has 0 aliphatic carbocycles. The first kappa shape index (κ1) is 12.0. The zero-order valence-corrected chi connectivity index (χ0v) is 10.7. The van der Waals surface area contributed by atoms with E-state index in [1.807, 2.05) is 6.92 Å². The van der Waals surface area contributed by atoms with Crippen molar-refractivity contribution in [3.05, 3.63) is 33.3 Å². The minimum absolute atomic E-state index is 0.0800. The third-order valence-electron chi connectivity index (χ3n) is 1.85. The number of alkyl halides is 1. The molecule has 14 heavy (non-hydrogen) atoms. The molecule has 0 bridgehead atoms. The van der Waals surface area contributed by atoms with E-state index < -0.39 is 5.38 Å². The van der Waals surface area contributed by atoms with Crippen molar-refractivity contribution in [2.45, 2.75) is 18.7 Å². The van der Waals surface area contributed by atoms with Crippen LogP contribution in [0.15, 0.2) is 22.7 Å². The Bertz CT molecular complexity index is 352. The van der Waals surface area contributed by atoms with Crippen LogP contribution in [0.1, 0.15) is 23.7 Å². The lowest BCUT2D eigenvalue weighted by Gasteiger charge is -2.06. The van der Waals surface area contributed by atoms with E-state index in [-0.39, 0.29) is 5.78 Å². The van der Waals surface area contributed by atoms with Gasteiger partial charge in [-0.25, -0.2) is 0 Å². The number of rotatable bonds is 3. The van der Waals surface area contributed by atoms with Crippen LogP contribution in [-0.2, 0) is 0 Å². The van der Waals surface area contributed by atoms with Gasteiger partial charge in [-0.2, -0.15) is 0 Å². The fourth-order valence-electron chi connectivity index (χ4n) is 1.02. The highest BCUT2D eigenvalue weighted by molar-refractivity contribution is 9.10. The third kappa shape index (κ3) is 2.72. The Morgan fingerprint density at radius 3 is 2.71 bits per heavy atom. The Labute approximate surface area is 102 Å². The highest BCUT2D eigenvalue weighted by atomic mass is 79.9. The summed E-state index contributed by atoms with van der Waals surface area (Å²) in [5.41, 5.74) is 0.556. The number of carbonyl (C=O) groups is 1. The number of carbonyl (C=O) groups excluding carboxylic acids is 1. The maximum Gasteiger partial charge on any atom is 0.180 e. The molecule has 0 saturated heterocycles. The van der Waals surface area contributed by atoms with Gasteiger partial charge >= 0.3 is 0 Å². The van der Waals surface area contributed by atoms with Gasteiger partial charge in [0.2, 0.25) is 0 Å². The van der Waals surface area contributed by atoms with Crippen molar-refractivity contribution >= 4 is 44.9 Å². The molecule has 1 rings (SSSR count). The van der Waals surface area contributed by atoms with E-state index in [0.717, 1.165) is 4.47 Å². The number of hydrogen-bond donors (Lipinski definition) is 0. The summed E-state index contributed by atoms with van der Waals surface area (Å²) >= 11 is 15.0. The van der Waals surface area contributed by atoms with Gasteiger partial charge in [0, 0.05) is 10.0 Å². The molecule has 0 spiro atoms. The SMILES string of the molecule is CCC(Cl)C(=O)c1ccc(Br)c(Cl)c1. The first-order chi connectivity index (χ1) is 6.56. The van der Waals surface area contributed by atoms with Gasteiger partial charge in [0.25, 0.3) is 0 Å².